The largest absolute Gasteiger partial charge is 0.467 e. The topological polar surface area (TPSA) is 191 Å². The predicted molar refractivity (Wildman–Crippen MR) is 130 cm³/mol. The summed E-state index contributed by atoms with van der Waals surface area (Å²) in [6.07, 6.45) is -7.49. The molecule has 1 saturated heterocycles. The summed E-state index contributed by atoms with van der Waals surface area (Å²) in [5, 5.41) is 4.91. The minimum Gasteiger partial charge on any atom is -0.467 e. The lowest BCUT2D eigenvalue weighted by molar-refractivity contribution is -0.287. The quantitative estimate of drug-likeness (QED) is 0.270. The van der Waals surface area contributed by atoms with E-state index in [0.717, 1.165) is 27.9 Å². The number of carbonyl (C=O) groups is 6. The van der Waals surface area contributed by atoms with E-state index < -0.39 is 90.9 Å². The van der Waals surface area contributed by atoms with Crippen molar-refractivity contribution in [3.05, 3.63) is 0 Å². The maximum absolute atomic E-state index is 12.5. The number of methoxy groups -OCH3 is 1. The van der Waals surface area contributed by atoms with Crippen LogP contribution in [0, 0.1) is 0 Å². The number of hydrogen-bond acceptors (Lipinski definition) is 13. The molecule has 0 aliphatic carbocycles. The molecular formula is C24H38N2O13. The SMILES string of the molecule is COC(=O)[C@@H](NC(=O)OC(C)(C)C)[C@@H](C)O[C@@H]1O[C@H](COC(C)=O)[C@H](OC(C)=O)[C@H](OC(C)=O)[C@H]1NC(C)=O. The number of amides is 2. The first-order chi connectivity index (χ1) is 17.9. The fourth-order valence-electron chi connectivity index (χ4n) is 3.63. The van der Waals surface area contributed by atoms with E-state index >= 15 is 0 Å². The number of hydrogen-bond donors (Lipinski definition) is 2. The van der Waals surface area contributed by atoms with Crippen LogP contribution in [-0.4, -0.2) is 98.0 Å². The molecular weight excluding hydrogens is 524 g/mol. The van der Waals surface area contributed by atoms with E-state index in [-0.39, 0.29) is 0 Å². The van der Waals surface area contributed by atoms with Gasteiger partial charge in [0.25, 0.3) is 0 Å². The number of esters is 4. The molecule has 1 rings (SSSR count). The summed E-state index contributed by atoms with van der Waals surface area (Å²) in [6.45, 7) is 10.4. The third-order valence-corrected chi connectivity index (χ3v) is 5.02. The first-order valence-electron chi connectivity index (χ1n) is 12.1. The van der Waals surface area contributed by atoms with Crippen LogP contribution >= 0.6 is 0 Å². The molecule has 0 aromatic heterocycles. The standard InChI is InChI=1S/C24H38N2O13/c1-11(17(21(31)33-9)26-23(32)39-24(6,7)8)35-22-18(25-12(2)27)20(37-15(5)30)19(36-14(4)29)16(38-22)10-34-13(3)28/h11,16-20,22H,10H2,1-9H3,(H,25,27)(H,26,32)/t11-,16-,17+,18-,19+,20-,22-/m1/s1. The van der Waals surface area contributed by atoms with Gasteiger partial charge in [0, 0.05) is 27.7 Å². The van der Waals surface area contributed by atoms with Crippen LogP contribution in [0.3, 0.4) is 0 Å². The van der Waals surface area contributed by atoms with Gasteiger partial charge in [-0.25, -0.2) is 9.59 Å². The van der Waals surface area contributed by atoms with E-state index in [1.165, 1.54) is 13.8 Å². The maximum atomic E-state index is 12.5. The van der Waals surface area contributed by atoms with Gasteiger partial charge in [-0.1, -0.05) is 0 Å². The zero-order chi connectivity index (χ0) is 30.1. The zero-order valence-corrected chi connectivity index (χ0v) is 23.6. The Labute approximate surface area is 226 Å². The van der Waals surface area contributed by atoms with Gasteiger partial charge in [-0.15, -0.1) is 0 Å². The lowest BCUT2D eigenvalue weighted by atomic mass is 9.95. The molecule has 222 valence electrons. The lowest BCUT2D eigenvalue weighted by Crippen LogP contribution is -2.67. The molecule has 7 atom stereocenters. The molecule has 0 saturated carbocycles. The van der Waals surface area contributed by atoms with E-state index in [1.807, 2.05) is 0 Å². The Hall–Kier alpha value is -3.46. The van der Waals surface area contributed by atoms with Crippen LogP contribution in [0.2, 0.25) is 0 Å². The van der Waals surface area contributed by atoms with Gasteiger partial charge in [-0.3, -0.25) is 19.2 Å². The molecule has 15 heteroatoms. The summed E-state index contributed by atoms with van der Waals surface area (Å²) in [5.74, 6) is -3.70. The molecule has 2 N–H and O–H groups in total. The van der Waals surface area contributed by atoms with Gasteiger partial charge in [-0.2, -0.15) is 0 Å². The van der Waals surface area contributed by atoms with Crippen LogP contribution < -0.4 is 10.6 Å². The summed E-state index contributed by atoms with van der Waals surface area (Å²) in [7, 11) is 1.10. The van der Waals surface area contributed by atoms with Crippen molar-refractivity contribution in [3.63, 3.8) is 0 Å². The van der Waals surface area contributed by atoms with E-state index in [4.69, 9.17) is 33.2 Å². The summed E-state index contributed by atoms with van der Waals surface area (Å²) in [5.41, 5.74) is -0.870. The molecule has 2 amide bonds. The predicted octanol–water partition coefficient (Wildman–Crippen LogP) is 0.114. The van der Waals surface area contributed by atoms with Crippen molar-refractivity contribution in [1.82, 2.24) is 10.6 Å². The third kappa shape index (κ3) is 11.4. The van der Waals surface area contributed by atoms with Gasteiger partial charge in [0.05, 0.1) is 13.2 Å². The summed E-state index contributed by atoms with van der Waals surface area (Å²) < 4.78 is 37.6. The van der Waals surface area contributed by atoms with E-state index in [2.05, 4.69) is 10.6 Å². The van der Waals surface area contributed by atoms with Gasteiger partial charge < -0.3 is 43.8 Å². The third-order valence-electron chi connectivity index (χ3n) is 5.02. The normalized spacial score (nSPS) is 24.3. The Morgan fingerprint density at radius 3 is 1.92 bits per heavy atom. The molecule has 0 bridgehead atoms. The van der Waals surface area contributed by atoms with Crippen molar-refractivity contribution in [2.45, 2.75) is 104 Å². The Balaban J connectivity index is 3.42. The first kappa shape index (κ1) is 33.6. The van der Waals surface area contributed by atoms with Crippen molar-refractivity contribution >= 4 is 35.9 Å². The average molecular weight is 563 g/mol. The zero-order valence-electron chi connectivity index (χ0n) is 23.6. The highest BCUT2D eigenvalue weighted by molar-refractivity contribution is 5.82. The average Bonchev–Trinajstić information content (AvgIpc) is 2.77. The van der Waals surface area contributed by atoms with Gasteiger partial charge >= 0.3 is 30.0 Å². The number of rotatable bonds is 10. The molecule has 0 unspecified atom stereocenters. The van der Waals surface area contributed by atoms with E-state index in [1.54, 1.807) is 20.8 Å². The van der Waals surface area contributed by atoms with E-state index in [0.29, 0.717) is 0 Å². The molecule has 0 aromatic carbocycles. The fourth-order valence-corrected chi connectivity index (χ4v) is 3.63. The van der Waals surface area contributed by atoms with Crippen molar-refractivity contribution in [2.24, 2.45) is 0 Å². The van der Waals surface area contributed by atoms with Crippen LogP contribution in [-0.2, 0) is 57.1 Å². The molecule has 1 fully saturated rings. The highest BCUT2D eigenvalue weighted by atomic mass is 16.7. The Bertz CT molecular complexity index is 916. The van der Waals surface area contributed by atoms with Crippen LogP contribution in [0.25, 0.3) is 0 Å². The Morgan fingerprint density at radius 2 is 1.46 bits per heavy atom. The van der Waals surface area contributed by atoms with Crippen LogP contribution in [0.1, 0.15) is 55.4 Å². The summed E-state index contributed by atoms with van der Waals surface area (Å²) >= 11 is 0. The van der Waals surface area contributed by atoms with Crippen molar-refractivity contribution in [3.8, 4) is 0 Å². The highest BCUT2D eigenvalue weighted by Crippen LogP contribution is 2.29. The monoisotopic (exact) mass is 562 g/mol. The molecule has 1 aliphatic heterocycles. The Kier molecular flexibility index (Phi) is 12.6. The van der Waals surface area contributed by atoms with E-state index in [9.17, 15) is 28.8 Å². The van der Waals surface area contributed by atoms with Crippen molar-refractivity contribution in [2.75, 3.05) is 13.7 Å². The second kappa shape index (κ2) is 14.6. The lowest BCUT2D eigenvalue weighted by Gasteiger charge is -2.45. The smallest absolute Gasteiger partial charge is 0.408 e. The fraction of sp³-hybridized carbons (Fsp3) is 0.750. The van der Waals surface area contributed by atoms with Crippen LogP contribution in [0.5, 0.6) is 0 Å². The second-order valence-corrected chi connectivity index (χ2v) is 9.71. The van der Waals surface area contributed by atoms with Crippen LogP contribution in [0.15, 0.2) is 0 Å². The van der Waals surface area contributed by atoms with Crippen molar-refractivity contribution < 1.29 is 61.9 Å². The molecule has 0 aromatic rings. The number of ether oxygens (including phenoxy) is 7. The number of nitrogens with one attached hydrogen (secondary N) is 2. The molecule has 39 heavy (non-hydrogen) atoms. The minimum atomic E-state index is -1.46. The van der Waals surface area contributed by atoms with Crippen molar-refractivity contribution in [1.29, 1.82) is 0 Å². The van der Waals surface area contributed by atoms with Gasteiger partial charge in [0.1, 0.15) is 24.4 Å². The molecule has 15 nitrogen and oxygen atoms in total. The second-order valence-electron chi connectivity index (χ2n) is 9.71. The van der Waals surface area contributed by atoms with Gasteiger partial charge in [0.2, 0.25) is 5.91 Å². The minimum absolute atomic E-state index is 0.442. The molecule has 0 radical (unpaired) electrons. The molecule has 1 heterocycles. The summed E-state index contributed by atoms with van der Waals surface area (Å²) in [4.78, 5) is 72.3. The highest BCUT2D eigenvalue weighted by Gasteiger charge is 2.52. The number of alkyl carbamates (subject to hydrolysis) is 1. The maximum Gasteiger partial charge on any atom is 0.408 e. The molecule has 0 spiro atoms. The van der Waals surface area contributed by atoms with Gasteiger partial charge in [-0.05, 0) is 27.7 Å². The Morgan fingerprint density at radius 1 is 0.897 bits per heavy atom. The van der Waals surface area contributed by atoms with Gasteiger partial charge in [0.15, 0.2) is 24.5 Å². The molecule has 1 aliphatic rings. The number of carbonyl (C=O) groups excluding carboxylic acids is 6. The summed E-state index contributed by atoms with van der Waals surface area (Å²) in [6, 6.07) is -2.68. The first-order valence-corrected chi connectivity index (χ1v) is 12.1. The van der Waals surface area contributed by atoms with Crippen LogP contribution in [0.4, 0.5) is 4.79 Å².